The monoisotopic (exact) mass is 265 g/mol. The number of carbonyl (C=O) groups is 2. The van der Waals surface area contributed by atoms with Gasteiger partial charge in [-0.1, -0.05) is 24.3 Å². The average molecular weight is 265 g/mol. The number of carboxylic acid groups (broad SMARTS) is 1. The summed E-state index contributed by atoms with van der Waals surface area (Å²) in [7, 11) is 0. The van der Waals surface area contributed by atoms with Gasteiger partial charge in [-0.25, -0.2) is 4.79 Å². The van der Waals surface area contributed by atoms with E-state index in [0.29, 0.717) is 18.7 Å². The molecule has 0 saturated carbocycles. The number of aliphatic carboxylic acids is 1. The first-order valence-corrected chi connectivity index (χ1v) is 7.11. The third-order valence-electron chi connectivity index (χ3n) is 3.12. The third kappa shape index (κ3) is 2.51. The Morgan fingerprint density at radius 1 is 1.39 bits per heavy atom. The summed E-state index contributed by atoms with van der Waals surface area (Å²) in [6.07, 6.45) is 2.23. The molecule has 1 aromatic rings. The molecule has 1 amide bonds. The molecule has 0 fully saturated rings. The van der Waals surface area contributed by atoms with Crippen LogP contribution in [0.4, 0.5) is 0 Å². The Morgan fingerprint density at radius 3 is 2.67 bits per heavy atom. The number of fused-ring (bicyclic) bond motifs is 1. The number of carboxylic acids is 1. The Labute approximate surface area is 110 Å². The summed E-state index contributed by atoms with van der Waals surface area (Å²) in [6, 6.07) is 6.96. The molecular weight excluding hydrogens is 250 g/mol. The smallest absolute Gasteiger partial charge is 0.326 e. The van der Waals surface area contributed by atoms with Gasteiger partial charge in [-0.15, -0.1) is 0 Å². The highest BCUT2D eigenvalue weighted by molar-refractivity contribution is 7.99. The average Bonchev–Trinajstić information content (AvgIpc) is 2.37. The van der Waals surface area contributed by atoms with Crippen LogP contribution in [0, 0.1) is 0 Å². The Balaban J connectivity index is 2.28. The number of amides is 1. The lowest BCUT2D eigenvalue weighted by Crippen LogP contribution is -2.49. The molecule has 96 valence electrons. The Morgan fingerprint density at radius 2 is 2.06 bits per heavy atom. The summed E-state index contributed by atoms with van der Waals surface area (Å²) < 4.78 is 0. The molecule has 18 heavy (non-hydrogen) atoms. The largest absolute Gasteiger partial charge is 0.480 e. The van der Waals surface area contributed by atoms with Gasteiger partial charge in [-0.3, -0.25) is 4.79 Å². The minimum atomic E-state index is -0.932. The maximum absolute atomic E-state index is 12.0. The van der Waals surface area contributed by atoms with Crippen LogP contribution < -0.4 is 0 Å². The summed E-state index contributed by atoms with van der Waals surface area (Å²) in [4.78, 5) is 24.7. The van der Waals surface area contributed by atoms with Crippen LogP contribution in [0.25, 0.3) is 0 Å². The fraction of sp³-hybridized carbons (Fsp3) is 0.385. The van der Waals surface area contributed by atoms with Crippen molar-refractivity contribution in [3.63, 3.8) is 0 Å². The van der Waals surface area contributed by atoms with Gasteiger partial charge in [0.15, 0.2) is 0 Å². The van der Waals surface area contributed by atoms with Crippen LogP contribution in [0.1, 0.15) is 11.1 Å². The van der Waals surface area contributed by atoms with Crippen molar-refractivity contribution in [2.75, 3.05) is 12.0 Å². The van der Waals surface area contributed by atoms with Crippen molar-refractivity contribution in [1.82, 2.24) is 4.90 Å². The molecular formula is C13H15NO3S. The van der Waals surface area contributed by atoms with Crippen molar-refractivity contribution in [1.29, 1.82) is 0 Å². The van der Waals surface area contributed by atoms with Crippen LogP contribution in [0.15, 0.2) is 24.3 Å². The number of hydrogen-bond donors (Lipinski definition) is 1. The standard InChI is InChI=1S/C13H15NO3S/c1-18-8-12(15)14-7-10-5-3-2-4-9(10)6-11(14)13(16)17/h2-5,11H,6-8H2,1H3,(H,16,17). The highest BCUT2D eigenvalue weighted by Gasteiger charge is 2.33. The quantitative estimate of drug-likeness (QED) is 0.897. The van der Waals surface area contributed by atoms with Gasteiger partial charge in [-0.2, -0.15) is 11.8 Å². The van der Waals surface area contributed by atoms with Crippen molar-refractivity contribution in [3.05, 3.63) is 35.4 Å². The number of benzene rings is 1. The van der Waals surface area contributed by atoms with Gasteiger partial charge < -0.3 is 10.0 Å². The lowest BCUT2D eigenvalue weighted by molar-refractivity contribution is -0.150. The highest BCUT2D eigenvalue weighted by atomic mass is 32.2. The molecule has 5 heteroatoms. The first-order valence-electron chi connectivity index (χ1n) is 5.71. The minimum Gasteiger partial charge on any atom is -0.480 e. The van der Waals surface area contributed by atoms with Gasteiger partial charge in [0.25, 0.3) is 0 Å². The molecule has 1 unspecified atom stereocenters. The fourth-order valence-corrected chi connectivity index (χ4v) is 2.62. The second kappa shape index (κ2) is 5.44. The van der Waals surface area contributed by atoms with Gasteiger partial charge in [0.05, 0.1) is 5.75 Å². The Hall–Kier alpha value is -1.49. The van der Waals surface area contributed by atoms with Crippen molar-refractivity contribution in [2.45, 2.75) is 19.0 Å². The van der Waals surface area contributed by atoms with Crippen LogP contribution in [0.2, 0.25) is 0 Å². The Bertz CT molecular complexity index is 475. The SMILES string of the molecule is CSCC(=O)N1Cc2ccccc2CC1C(=O)O. The van der Waals surface area contributed by atoms with Gasteiger partial charge in [0, 0.05) is 13.0 Å². The summed E-state index contributed by atoms with van der Waals surface area (Å²) in [5.41, 5.74) is 2.07. The van der Waals surface area contributed by atoms with Crippen LogP contribution in [0.5, 0.6) is 0 Å². The van der Waals surface area contributed by atoms with Crippen molar-refractivity contribution in [3.8, 4) is 0 Å². The maximum Gasteiger partial charge on any atom is 0.326 e. The number of carbonyl (C=O) groups excluding carboxylic acids is 1. The van der Waals surface area contributed by atoms with Gasteiger partial charge in [0.1, 0.15) is 6.04 Å². The molecule has 1 heterocycles. The van der Waals surface area contributed by atoms with Gasteiger partial charge in [0.2, 0.25) is 5.91 Å². The van der Waals surface area contributed by atoms with Crippen LogP contribution in [-0.4, -0.2) is 39.9 Å². The third-order valence-corrected chi connectivity index (χ3v) is 3.66. The van der Waals surface area contributed by atoms with Gasteiger partial charge in [-0.05, 0) is 17.4 Å². The Kier molecular flexibility index (Phi) is 3.91. The number of hydrogen-bond acceptors (Lipinski definition) is 3. The van der Waals surface area contributed by atoms with E-state index in [1.165, 1.54) is 16.7 Å². The lowest BCUT2D eigenvalue weighted by atomic mass is 9.94. The molecule has 1 N–H and O–H groups in total. The number of rotatable bonds is 3. The van der Waals surface area contributed by atoms with E-state index in [-0.39, 0.29) is 5.91 Å². The predicted octanol–water partition coefficient (Wildman–Crippen LogP) is 1.39. The zero-order valence-corrected chi connectivity index (χ0v) is 10.9. The molecule has 0 spiro atoms. The maximum atomic E-state index is 12.0. The first-order chi connectivity index (χ1) is 8.63. The second-order valence-electron chi connectivity index (χ2n) is 4.28. The van der Waals surface area contributed by atoms with Gasteiger partial charge >= 0.3 is 5.97 Å². The summed E-state index contributed by atoms with van der Waals surface area (Å²) in [5.74, 6) is -0.713. The molecule has 4 nitrogen and oxygen atoms in total. The van der Waals surface area contributed by atoms with E-state index in [4.69, 9.17) is 0 Å². The van der Waals surface area contributed by atoms with E-state index >= 15 is 0 Å². The van der Waals surface area contributed by atoms with E-state index in [0.717, 1.165) is 11.1 Å². The molecule has 1 aromatic carbocycles. The summed E-state index contributed by atoms with van der Waals surface area (Å²) in [6.45, 7) is 0.395. The van der Waals surface area contributed by atoms with Crippen molar-refractivity contribution < 1.29 is 14.7 Å². The zero-order valence-electron chi connectivity index (χ0n) is 10.1. The molecule has 0 radical (unpaired) electrons. The molecule has 1 aliphatic rings. The normalized spacial score (nSPS) is 18.3. The number of nitrogens with zero attached hydrogens (tertiary/aromatic N) is 1. The highest BCUT2D eigenvalue weighted by Crippen LogP contribution is 2.24. The second-order valence-corrected chi connectivity index (χ2v) is 5.15. The molecule has 1 aliphatic heterocycles. The fourth-order valence-electron chi connectivity index (χ4n) is 2.21. The molecule has 2 rings (SSSR count). The van der Waals surface area contributed by atoms with E-state index in [1.807, 2.05) is 30.5 Å². The van der Waals surface area contributed by atoms with Crippen LogP contribution >= 0.6 is 11.8 Å². The molecule has 0 aliphatic carbocycles. The number of thioether (sulfide) groups is 1. The zero-order chi connectivity index (χ0) is 13.1. The van der Waals surface area contributed by atoms with Crippen LogP contribution in [-0.2, 0) is 22.6 Å². The predicted molar refractivity (Wildman–Crippen MR) is 70.5 cm³/mol. The van der Waals surface area contributed by atoms with E-state index < -0.39 is 12.0 Å². The van der Waals surface area contributed by atoms with Crippen molar-refractivity contribution >= 4 is 23.6 Å². The van der Waals surface area contributed by atoms with E-state index in [2.05, 4.69) is 0 Å². The molecule has 0 aromatic heterocycles. The van der Waals surface area contributed by atoms with Crippen LogP contribution in [0.3, 0.4) is 0 Å². The van der Waals surface area contributed by atoms with Crippen molar-refractivity contribution in [2.24, 2.45) is 0 Å². The summed E-state index contributed by atoms with van der Waals surface area (Å²) >= 11 is 1.41. The first kappa shape index (κ1) is 13.0. The molecule has 0 saturated heterocycles. The van der Waals surface area contributed by atoms with E-state index in [9.17, 15) is 14.7 Å². The van der Waals surface area contributed by atoms with E-state index in [1.54, 1.807) is 0 Å². The summed E-state index contributed by atoms with van der Waals surface area (Å²) in [5, 5.41) is 9.25. The minimum absolute atomic E-state index is 0.107. The topological polar surface area (TPSA) is 57.6 Å². The lowest BCUT2D eigenvalue weighted by Gasteiger charge is -2.34. The molecule has 1 atom stereocenters. The molecule has 0 bridgehead atoms.